The van der Waals surface area contributed by atoms with Gasteiger partial charge in [-0.1, -0.05) is 354 Å². The first-order chi connectivity index (χ1) is 34.1. The van der Waals surface area contributed by atoms with Gasteiger partial charge in [-0.25, -0.2) is 0 Å². The van der Waals surface area contributed by atoms with Crippen LogP contribution in [0.3, 0.4) is 0 Å². The third kappa shape index (κ3) is 59.4. The highest BCUT2D eigenvalue weighted by atomic mass is 16.6. The van der Waals surface area contributed by atoms with Gasteiger partial charge in [0.25, 0.3) is 0 Å². The van der Waals surface area contributed by atoms with Crippen molar-refractivity contribution in [1.82, 2.24) is 0 Å². The summed E-state index contributed by atoms with van der Waals surface area (Å²) in [5.74, 6) is -0.560. The van der Waals surface area contributed by atoms with E-state index >= 15 is 0 Å². The summed E-state index contributed by atoms with van der Waals surface area (Å²) in [5, 5.41) is 9.68. The molecule has 0 aromatic heterocycles. The van der Waals surface area contributed by atoms with Crippen molar-refractivity contribution in [3.63, 3.8) is 0 Å². The molecule has 0 aliphatic heterocycles. The van der Waals surface area contributed by atoms with E-state index in [9.17, 15) is 14.7 Å². The van der Waals surface area contributed by atoms with Gasteiger partial charge < -0.3 is 14.6 Å². The highest BCUT2D eigenvalue weighted by molar-refractivity contribution is 5.70. The Hall–Kier alpha value is -1.10. The summed E-state index contributed by atoms with van der Waals surface area (Å²) in [6.07, 6.45) is 75.5. The Labute approximate surface area is 433 Å². The Morgan fingerprint density at radius 1 is 0.275 bits per heavy atom. The van der Waals surface area contributed by atoms with E-state index in [0.29, 0.717) is 12.8 Å². The van der Waals surface area contributed by atoms with Crippen LogP contribution >= 0.6 is 0 Å². The summed E-state index contributed by atoms with van der Waals surface area (Å²) in [5.41, 5.74) is 0. The van der Waals surface area contributed by atoms with E-state index < -0.39 is 6.10 Å². The van der Waals surface area contributed by atoms with Crippen LogP contribution in [-0.4, -0.2) is 36.4 Å². The van der Waals surface area contributed by atoms with E-state index in [1.807, 2.05) is 0 Å². The fraction of sp³-hybridized carbons (Fsp3) is 0.969. The molecule has 412 valence electrons. The number of unbranched alkanes of at least 4 members (excludes halogenated alkanes) is 53. The zero-order valence-electron chi connectivity index (χ0n) is 47.4. The maximum atomic E-state index is 12.3. The maximum absolute atomic E-state index is 12.3. The smallest absolute Gasteiger partial charge is 0.306 e. The minimum absolute atomic E-state index is 0.0554. The van der Waals surface area contributed by atoms with Gasteiger partial charge in [0.05, 0.1) is 6.61 Å². The molecule has 0 fully saturated rings. The molecule has 0 spiro atoms. The molecule has 5 nitrogen and oxygen atoms in total. The van der Waals surface area contributed by atoms with Crippen LogP contribution in [0.4, 0.5) is 0 Å². The van der Waals surface area contributed by atoms with Crippen LogP contribution in [0.15, 0.2) is 0 Å². The Kier molecular flexibility index (Phi) is 60.2. The Morgan fingerprint density at radius 3 is 0.638 bits per heavy atom. The molecule has 0 aromatic rings. The number of rotatable bonds is 61. The number of carbonyl (C=O) groups is 2. The molecule has 0 rings (SSSR count). The number of ether oxygens (including phenoxy) is 2. The topological polar surface area (TPSA) is 72.8 Å². The average Bonchev–Trinajstić information content (AvgIpc) is 3.35. The minimum atomic E-state index is -0.765. The molecular formula is C64H126O5. The van der Waals surface area contributed by atoms with Crippen LogP contribution in [0.25, 0.3) is 0 Å². The van der Waals surface area contributed by atoms with Gasteiger partial charge in [-0.3, -0.25) is 9.59 Å². The molecule has 0 radical (unpaired) electrons. The molecule has 0 amide bonds. The van der Waals surface area contributed by atoms with Crippen molar-refractivity contribution in [2.24, 2.45) is 0 Å². The second kappa shape index (κ2) is 61.2. The minimum Gasteiger partial charge on any atom is -0.462 e. The molecule has 0 bridgehead atoms. The Morgan fingerprint density at radius 2 is 0.449 bits per heavy atom. The van der Waals surface area contributed by atoms with Crippen molar-refractivity contribution >= 4 is 11.9 Å². The van der Waals surface area contributed by atoms with Crippen molar-refractivity contribution in [2.75, 3.05) is 13.2 Å². The molecular weight excluding hydrogens is 849 g/mol. The summed E-state index contributed by atoms with van der Waals surface area (Å²) in [4.78, 5) is 24.6. The van der Waals surface area contributed by atoms with Crippen molar-refractivity contribution in [2.45, 2.75) is 386 Å². The predicted molar refractivity (Wildman–Crippen MR) is 302 cm³/mol. The zero-order valence-corrected chi connectivity index (χ0v) is 47.4. The van der Waals surface area contributed by atoms with E-state index in [-0.39, 0.29) is 25.2 Å². The fourth-order valence-corrected chi connectivity index (χ4v) is 10.3. The molecule has 0 aliphatic rings. The van der Waals surface area contributed by atoms with Crippen LogP contribution in [0, 0.1) is 0 Å². The van der Waals surface area contributed by atoms with Gasteiger partial charge in [-0.05, 0) is 12.8 Å². The summed E-state index contributed by atoms with van der Waals surface area (Å²) in [6.45, 7) is 4.22. The van der Waals surface area contributed by atoms with Gasteiger partial charge in [0.15, 0.2) is 6.10 Å². The Bertz CT molecular complexity index is 968. The zero-order chi connectivity index (χ0) is 49.9. The third-order valence-corrected chi connectivity index (χ3v) is 15.2. The fourth-order valence-electron chi connectivity index (χ4n) is 10.3. The molecule has 0 heterocycles. The molecule has 0 aromatic carbocycles. The average molecular weight is 976 g/mol. The van der Waals surface area contributed by atoms with Gasteiger partial charge in [-0.15, -0.1) is 0 Å². The molecule has 1 atom stereocenters. The highest BCUT2D eigenvalue weighted by Gasteiger charge is 2.16. The SMILES string of the molecule is CCCCCCCCCCCCCCCCCCCCCCCCCCCCCCCC(=O)OC(CO)COC(=O)CCCCCCCCCCCCCCCCCCCCCCCCCCCC. The Balaban J connectivity index is 3.37. The van der Waals surface area contributed by atoms with E-state index in [0.717, 1.165) is 32.1 Å². The number of hydrogen-bond acceptors (Lipinski definition) is 5. The quantitative estimate of drug-likeness (QED) is 0.0486. The molecule has 1 N–H and O–H groups in total. The van der Waals surface area contributed by atoms with Crippen LogP contribution in [0.2, 0.25) is 0 Å². The maximum Gasteiger partial charge on any atom is 0.306 e. The van der Waals surface area contributed by atoms with E-state index in [1.54, 1.807) is 0 Å². The standard InChI is InChI=1S/C64H126O5/c1-3-5-7-9-11-13-15-17-19-21-23-25-27-29-31-32-33-35-37-39-41-43-45-47-49-51-53-55-57-59-64(67)69-62(60-65)61-68-63(66)58-56-54-52-50-48-46-44-42-40-38-36-34-30-28-26-24-22-20-18-16-14-12-10-8-6-4-2/h62,65H,3-61H2,1-2H3. The van der Waals surface area contributed by atoms with E-state index in [4.69, 9.17) is 9.47 Å². The molecule has 69 heavy (non-hydrogen) atoms. The summed E-state index contributed by atoms with van der Waals surface area (Å²) >= 11 is 0. The van der Waals surface area contributed by atoms with Crippen molar-refractivity contribution in [1.29, 1.82) is 0 Å². The number of aliphatic hydroxyl groups excluding tert-OH is 1. The normalized spacial score (nSPS) is 12.0. The molecule has 0 saturated heterocycles. The van der Waals surface area contributed by atoms with Crippen molar-refractivity contribution < 1.29 is 24.2 Å². The van der Waals surface area contributed by atoms with Crippen LogP contribution in [0.1, 0.15) is 380 Å². The first-order valence-corrected chi connectivity index (χ1v) is 32.1. The second-order valence-electron chi connectivity index (χ2n) is 22.2. The lowest BCUT2D eigenvalue weighted by atomic mass is 10.0. The van der Waals surface area contributed by atoms with E-state index in [1.165, 1.54) is 321 Å². The summed E-state index contributed by atoms with van der Waals surface area (Å²) < 4.78 is 10.8. The van der Waals surface area contributed by atoms with Crippen molar-refractivity contribution in [3.8, 4) is 0 Å². The molecule has 5 heteroatoms. The first-order valence-electron chi connectivity index (χ1n) is 32.1. The largest absolute Gasteiger partial charge is 0.462 e. The highest BCUT2D eigenvalue weighted by Crippen LogP contribution is 2.19. The van der Waals surface area contributed by atoms with Gasteiger partial charge >= 0.3 is 11.9 Å². The summed E-state index contributed by atoms with van der Waals surface area (Å²) in [6, 6.07) is 0. The number of aliphatic hydroxyl groups is 1. The lowest BCUT2D eigenvalue weighted by Gasteiger charge is -2.15. The molecule has 1 unspecified atom stereocenters. The second-order valence-corrected chi connectivity index (χ2v) is 22.2. The van der Waals surface area contributed by atoms with Gasteiger partial charge in [0.2, 0.25) is 0 Å². The number of esters is 2. The van der Waals surface area contributed by atoms with Crippen LogP contribution < -0.4 is 0 Å². The van der Waals surface area contributed by atoms with Gasteiger partial charge in [0.1, 0.15) is 6.61 Å². The van der Waals surface area contributed by atoms with Crippen LogP contribution in [-0.2, 0) is 19.1 Å². The number of hydrogen-bond donors (Lipinski definition) is 1. The monoisotopic (exact) mass is 975 g/mol. The van der Waals surface area contributed by atoms with E-state index in [2.05, 4.69) is 13.8 Å². The third-order valence-electron chi connectivity index (χ3n) is 15.2. The summed E-state index contributed by atoms with van der Waals surface area (Å²) in [7, 11) is 0. The van der Waals surface area contributed by atoms with Crippen molar-refractivity contribution in [3.05, 3.63) is 0 Å². The van der Waals surface area contributed by atoms with Crippen LogP contribution in [0.5, 0.6) is 0 Å². The van der Waals surface area contributed by atoms with Gasteiger partial charge in [-0.2, -0.15) is 0 Å². The first kappa shape index (κ1) is 67.9. The molecule has 0 saturated carbocycles. The lowest BCUT2D eigenvalue weighted by molar-refractivity contribution is -0.161. The predicted octanol–water partition coefficient (Wildman–Crippen LogP) is 21.7. The number of carbonyl (C=O) groups excluding carboxylic acids is 2. The van der Waals surface area contributed by atoms with Gasteiger partial charge in [0, 0.05) is 12.8 Å². The lowest BCUT2D eigenvalue weighted by Crippen LogP contribution is -2.28. The molecule has 0 aliphatic carbocycles.